The van der Waals surface area contributed by atoms with Gasteiger partial charge in [-0.05, 0) is 12.1 Å². The van der Waals surface area contributed by atoms with Gasteiger partial charge in [-0.1, -0.05) is 19.1 Å². The van der Waals surface area contributed by atoms with E-state index in [2.05, 4.69) is 16.3 Å². The minimum Gasteiger partial charge on any atom is -0.497 e. The standard InChI is InChI=1S/C18H23N3O2S/c1-3-18(22)21-9-7-20(8-10-21)12-17-19-16(13-24-17)14-5-4-6-15(11-14)23-2/h4-6,11,13H,3,7-10,12H2,1-2H3. The lowest BCUT2D eigenvalue weighted by atomic mass is 10.2. The molecule has 1 aliphatic rings. The van der Waals surface area contributed by atoms with Crippen LogP contribution >= 0.6 is 11.3 Å². The number of methoxy groups -OCH3 is 1. The molecule has 0 radical (unpaired) electrons. The van der Waals surface area contributed by atoms with Crippen molar-refractivity contribution in [1.82, 2.24) is 14.8 Å². The molecule has 1 aromatic heterocycles. The van der Waals surface area contributed by atoms with Crippen LogP contribution in [-0.2, 0) is 11.3 Å². The third kappa shape index (κ3) is 3.94. The van der Waals surface area contributed by atoms with E-state index in [-0.39, 0.29) is 5.91 Å². The molecular formula is C18H23N3O2S. The Bertz CT molecular complexity index is 693. The Labute approximate surface area is 146 Å². The summed E-state index contributed by atoms with van der Waals surface area (Å²) in [7, 11) is 1.68. The fourth-order valence-corrected chi connectivity index (χ4v) is 3.71. The number of ether oxygens (including phenoxy) is 1. The summed E-state index contributed by atoms with van der Waals surface area (Å²) in [4.78, 5) is 20.8. The normalized spacial score (nSPS) is 15.5. The third-order valence-electron chi connectivity index (χ3n) is 4.30. The maximum Gasteiger partial charge on any atom is 0.222 e. The van der Waals surface area contributed by atoms with Gasteiger partial charge in [-0.25, -0.2) is 4.98 Å². The molecule has 1 aromatic carbocycles. The zero-order valence-electron chi connectivity index (χ0n) is 14.2. The fraction of sp³-hybridized carbons (Fsp3) is 0.444. The fourth-order valence-electron chi connectivity index (χ4n) is 2.87. The van der Waals surface area contributed by atoms with Crippen LogP contribution in [0.2, 0.25) is 0 Å². The van der Waals surface area contributed by atoms with E-state index in [0.29, 0.717) is 6.42 Å². The third-order valence-corrected chi connectivity index (χ3v) is 5.14. The van der Waals surface area contributed by atoms with Gasteiger partial charge in [-0.3, -0.25) is 9.69 Å². The van der Waals surface area contributed by atoms with Crippen molar-refractivity contribution in [2.45, 2.75) is 19.9 Å². The van der Waals surface area contributed by atoms with Crippen molar-refractivity contribution in [2.24, 2.45) is 0 Å². The van der Waals surface area contributed by atoms with E-state index in [1.807, 2.05) is 30.0 Å². The second-order valence-corrected chi connectivity index (χ2v) is 6.81. The van der Waals surface area contributed by atoms with Crippen molar-refractivity contribution >= 4 is 17.2 Å². The molecule has 0 spiro atoms. The van der Waals surface area contributed by atoms with E-state index in [1.54, 1.807) is 18.4 Å². The molecule has 1 fully saturated rings. The Kier molecular flexibility index (Phi) is 5.48. The summed E-state index contributed by atoms with van der Waals surface area (Å²) in [6.07, 6.45) is 0.594. The Balaban J connectivity index is 1.60. The minimum atomic E-state index is 0.254. The van der Waals surface area contributed by atoms with Crippen molar-refractivity contribution in [3.05, 3.63) is 34.7 Å². The lowest BCUT2D eigenvalue weighted by Gasteiger charge is -2.34. The largest absolute Gasteiger partial charge is 0.497 e. The number of carbonyl (C=O) groups excluding carboxylic acids is 1. The van der Waals surface area contributed by atoms with E-state index < -0.39 is 0 Å². The monoisotopic (exact) mass is 345 g/mol. The number of hydrogen-bond donors (Lipinski definition) is 0. The molecule has 5 nitrogen and oxygen atoms in total. The first-order chi connectivity index (χ1) is 11.7. The van der Waals surface area contributed by atoms with E-state index >= 15 is 0 Å². The van der Waals surface area contributed by atoms with E-state index in [0.717, 1.165) is 54.7 Å². The number of thiazole rings is 1. The molecular weight excluding hydrogens is 322 g/mol. The second-order valence-electron chi connectivity index (χ2n) is 5.87. The minimum absolute atomic E-state index is 0.254. The first kappa shape index (κ1) is 16.9. The molecule has 1 saturated heterocycles. The van der Waals surface area contributed by atoms with Gasteiger partial charge in [0.1, 0.15) is 10.8 Å². The number of aromatic nitrogens is 1. The van der Waals surface area contributed by atoms with Crippen LogP contribution in [0.25, 0.3) is 11.3 Å². The van der Waals surface area contributed by atoms with Crippen LogP contribution in [0.3, 0.4) is 0 Å². The maximum atomic E-state index is 11.7. The molecule has 24 heavy (non-hydrogen) atoms. The summed E-state index contributed by atoms with van der Waals surface area (Å²) in [5.41, 5.74) is 2.07. The number of benzene rings is 1. The number of piperazine rings is 1. The number of nitrogens with zero attached hydrogens (tertiary/aromatic N) is 3. The predicted molar refractivity (Wildman–Crippen MR) is 96.3 cm³/mol. The van der Waals surface area contributed by atoms with E-state index in [1.165, 1.54) is 0 Å². The summed E-state index contributed by atoms with van der Waals surface area (Å²) in [5, 5.41) is 3.21. The highest BCUT2D eigenvalue weighted by Crippen LogP contribution is 2.26. The predicted octanol–water partition coefficient (Wildman–Crippen LogP) is 2.87. The summed E-state index contributed by atoms with van der Waals surface area (Å²) < 4.78 is 5.28. The molecule has 1 aliphatic heterocycles. The van der Waals surface area contributed by atoms with E-state index in [9.17, 15) is 4.79 Å². The van der Waals surface area contributed by atoms with Gasteiger partial charge in [0.2, 0.25) is 5.91 Å². The van der Waals surface area contributed by atoms with Gasteiger partial charge in [-0.2, -0.15) is 0 Å². The van der Waals surface area contributed by atoms with E-state index in [4.69, 9.17) is 9.72 Å². The number of rotatable bonds is 5. The summed E-state index contributed by atoms with van der Waals surface area (Å²) in [5.74, 6) is 1.10. The molecule has 0 unspecified atom stereocenters. The zero-order chi connectivity index (χ0) is 16.9. The number of amides is 1. The molecule has 0 N–H and O–H groups in total. The van der Waals surface area contributed by atoms with Crippen LogP contribution in [0.1, 0.15) is 18.4 Å². The average molecular weight is 345 g/mol. The molecule has 3 rings (SSSR count). The van der Waals surface area contributed by atoms with Crippen LogP contribution in [0.4, 0.5) is 0 Å². The molecule has 2 heterocycles. The molecule has 1 amide bonds. The van der Waals surface area contributed by atoms with Crippen molar-refractivity contribution in [3.8, 4) is 17.0 Å². The summed E-state index contributed by atoms with van der Waals surface area (Å²) in [6, 6.07) is 7.98. The first-order valence-electron chi connectivity index (χ1n) is 8.28. The van der Waals surface area contributed by atoms with Crippen LogP contribution in [0, 0.1) is 0 Å². The summed E-state index contributed by atoms with van der Waals surface area (Å²) >= 11 is 1.69. The van der Waals surface area contributed by atoms with Crippen molar-refractivity contribution < 1.29 is 9.53 Å². The molecule has 128 valence electrons. The highest BCUT2D eigenvalue weighted by molar-refractivity contribution is 7.09. The van der Waals surface area contributed by atoms with Gasteiger partial charge in [0.15, 0.2) is 0 Å². The highest BCUT2D eigenvalue weighted by Gasteiger charge is 2.20. The van der Waals surface area contributed by atoms with Gasteiger partial charge in [0.25, 0.3) is 0 Å². The quantitative estimate of drug-likeness (QED) is 0.836. The van der Waals surface area contributed by atoms with Gasteiger partial charge >= 0.3 is 0 Å². The maximum absolute atomic E-state index is 11.7. The SMILES string of the molecule is CCC(=O)N1CCN(Cc2nc(-c3cccc(OC)c3)cs2)CC1. The van der Waals surface area contributed by atoms with Gasteiger partial charge < -0.3 is 9.64 Å². The van der Waals surface area contributed by atoms with Crippen molar-refractivity contribution in [1.29, 1.82) is 0 Å². The lowest BCUT2D eigenvalue weighted by molar-refractivity contribution is -0.132. The Morgan fingerprint density at radius 2 is 2.08 bits per heavy atom. The highest BCUT2D eigenvalue weighted by atomic mass is 32.1. The van der Waals surface area contributed by atoms with Gasteiger partial charge in [0.05, 0.1) is 19.3 Å². The zero-order valence-corrected chi connectivity index (χ0v) is 15.0. The number of hydrogen-bond acceptors (Lipinski definition) is 5. The van der Waals surface area contributed by atoms with Crippen LogP contribution in [-0.4, -0.2) is 54.0 Å². The smallest absolute Gasteiger partial charge is 0.222 e. The van der Waals surface area contributed by atoms with Crippen LogP contribution in [0.15, 0.2) is 29.6 Å². The van der Waals surface area contributed by atoms with Crippen molar-refractivity contribution in [3.63, 3.8) is 0 Å². The topological polar surface area (TPSA) is 45.7 Å². The second kappa shape index (κ2) is 7.77. The Morgan fingerprint density at radius 1 is 1.29 bits per heavy atom. The molecule has 0 aliphatic carbocycles. The summed E-state index contributed by atoms with van der Waals surface area (Å²) in [6.45, 7) is 6.24. The van der Waals surface area contributed by atoms with Crippen molar-refractivity contribution in [2.75, 3.05) is 33.3 Å². The van der Waals surface area contributed by atoms with Gasteiger partial charge in [0, 0.05) is 43.5 Å². The van der Waals surface area contributed by atoms with Gasteiger partial charge in [-0.15, -0.1) is 11.3 Å². The average Bonchev–Trinajstić information content (AvgIpc) is 3.10. The molecule has 2 aromatic rings. The number of carbonyl (C=O) groups is 1. The lowest BCUT2D eigenvalue weighted by Crippen LogP contribution is -2.48. The molecule has 0 saturated carbocycles. The molecule has 6 heteroatoms. The Hall–Kier alpha value is -1.92. The first-order valence-corrected chi connectivity index (χ1v) is 9.16. The molecule has 0 bridgehead atoms. The van der Waals surface area contributed by atoms with Crippen LogP contribution < -0.4 is 4.74 Å². The Morgan fingerprint density at radius 3 is 2.79 bits per heavy atom. The molecule has 0 atom stereocenters. The van der Waals surface area contributed by atoms with Crippen LogP contribution in [0.5, 0.6) is 5.75 Å².